The summed E-state index contributed by atoms with van der Waals surface area (Å²) < 4.78 is 0. The van der Waals surface area contributed by atoms with Crippen molar-refractivity contribution >= 4 is 17.4 Å². The van der Waals surface area contributed by atoms with Crippen LogP contribution in [0.1, 0.15) is 11.1 Å². The molecule has 0 fully saturated rings. The summed E-state index contributed by atoms with van der Waals surface area (Å²) in [7, 11) is 0. The number of amides is 1. The minimum absolute atomic E-state index is 0.110. The number of benzene rings is 1. The number of ketones is 1. The van der Waals surface area contributed by atoms with Gasteiger partial charge in [0.05, 0.1) is 0 Å². The average molecular weight is 203 g/mol. The van der Waals surface area contributed by atoms with Gasteiger partial charge in [-0.25, -0.2) is 0 Å². The fourth-order valence-electron chi connectivity index (χ4n) is 1.69. The van der Waals surface area contributed by atoms with Gasteiger partial charge in [-0.15, -0.1) is 0 Å². The van der Waals surface area contributed by atoms with Crippen LogP contribution in [0.5, 0.6) is 0 Å². The number of rotatable bonds is 1. The molecule has 0 atom stereocenters. The minimum atomic E-state index is -0.882. The zero-order chi connectivity index (χ0) is 11.0. The van der Waals surface area contributed by atoms with Crippen molar-refractivity contribution in [3.63, 3.8) is 0 Å². The topological polar surface area (TPSA) is 80.4 Å². The van der Waals surface area contributed by atoms with E-state index in [9.17, 15) is 14.7 Å². The smallest absolute Gasteiger partial charge is 0.256 e. The Balaban J connectivity index is 2.67. The van der Waals surface area contributed by atoms with Crippen molar-refractivity contribution in [1.29, 1.82) is 0 Å². The third kappa shape index (κ3) is 1.40. The van der Waals surface area contributed by atoms with Gasteiger partial charge >= 0.3 is 0 Å². The molecule has 0 bridgehead atoms. The molecule has 0 unspecified atom stereocenters. The number of hydrogen-bond acceptors (Lipinski definition) is 3. The van der Waals surface area contributed by atoms with Crippen LogP contribution in [-0.4, -0.2) is 16.8 Å². The molecule has 0 radical (unpaired) electrons. The first-order chi connectivity index (χ1) is 7.11. The summed E-state index contributed by atoms with van der Waals surface area (Å²) >= 11 is 0. The SMILES string of the molecule is NC(=O)C1=C(O)c2ccccc2CC1=O. The number of carbonyl (C=O) groups excluding carboxylic acids is 2. The van der Waals surface area contributed by atoms with Crippen LogP contribution in [0, 0.1) is 0 Å². The first-order valence-corrected chi connectivity index (χ1v) is 4.45. The van der Waals surface area contributed by atoms with Gasteiger partial charge < -0.3 is 10.8 Å². The van der Waals surface area contributed by atoms with Gasteiger partial charge in [-0.2, -0.15) is 0 Å². The standard InChI is InChI=1S/C11H9NO3/c12-11(15)9-8(13)5-6-3-1-2-4-7(6)10(9)14/h1-4,14H,5H2,(H2,12,15). The molecular weight excluding hydrogens is 194 g/mol. The number of aliphatic hydroxyl groups excluding tert-OH is 1. The highest BCUT2D eigenvalue weighted by Gasteiger charge is 2.28. The third-order valence-corrected chi connectivity index (χ3v) is 2.39. The maximum absolute atomic E-state index is 11.5. The molecule has 0 spiro atoms. The third-order valence-electron chi connectivity index (χ3n) is 2.39. The Morgan fingerprint density at radius 2 is 2.00 bits per heavy atom. The Kier molecular flexibility index (Phi) is 2.04. The van der Waals surface area contributed by atoms with Crippen LogP contribution in [0.25, 0.3) is 5.76 Å². The van der Waals surface area contributed by atoms with Gasteiger partial charge in [0.2, 0.25) is 0 Å². The van der Waals surface area contributed by atoms with Crippen molar-refractivity contribution < 1.29 is 14.7 Å². The van der Waals surface area contributed by atoms with E-state index in [0.717, 1.165) is 0 Å². The molecule has 3 N–H and O–H groups in total. The van der Waals surface area contributed by atoms with Gasteiger partial charge in [0.25, 0.3) is 5.91 Å². The second-order valence-corrected chi connectivity index (χ2v) is 3.34. The van der Waals surface area contributed by atoms with Crippen LogP contribution in [-0.2, 0) is 16.0 Å². The van der Waals surface area contributed by atoms with Crippen molar-refractivity contribution in [2.24, 2.45) is 5.73 Å². The van der Waals surface area contributed by atoms with Crippen LogP contribution in [0.2, 0.25) is 0 Å². The fourth-order valence-corrected chi connectivity index (χ4v) is 1.69. The van der Waals surface area contributed by atoms with E-state index >= 15 is 0 Å². The number of aliphatic hydroxyl groups is 1. The summed E-state index contributed by atoms with van der Waals surface area (Å²) in [6.45, 7) is 0. The van der Waals surface area contributed by atoms with Crippen LogP contribution >= 0.6 is 0 Å². The molecule has 0 saturated carbocycles. The quantitative estimate of drug-likeness (QED) is 0.654. The van der Waals surface area contributed by atoms with Crippen molar-refractivity contribution in [3.05, 3.63) is 41.0 Å². The van der Waals surface area contributed by atoms with Gasteiger partial charge in [0.1, 0.15) is 11.3 Å². The predicted molar refractivity (Wildman–Crippen MR) is 53.9 cm³/mol. The van der Waals surface area contributed by atoms with Gasteiger partial charge in [0.15, 0.2) is 5.78 Å². The summed E-state index contributed by atoms with van der Waals surface area (Å²) in [5.74, 6) is -1.62. The highest BCUT2D eigenvalue weighted by molar-refractivity contribution is 6.25. The summed E-state index contributed by atoms with van der Waals surface area (Å²) in [4.78, 5) is 22.5. The summed E-state index contributed by atoms with van der Waals surface area (Å²) in [6, 6.07) is 6.89. The molecule has 0 saturated heterocycles. The number of Topliss-reactive ketones (excluding diaryl/α,β-unsaturated/α-hetero) is 1. The van der Waals surface area contributed by atoms with Crippen molar-refractivity contribution in [1.82, 2.24) is 0 Å². The summed E-state index contributed by atoms with van der Waals surface area (Å²) in [5.41, 5.74) is 5.95. The van der Waals surface area contributed by atoms with Crippen molar-refractivity contribution in [2.45, 2.75) is 6.42 Å². The lowest BCUT2D eigenvalue weighted by molar-refractivity contribution is -0.120. The molecule has 2 rings (SSSR count). The lowest BCUT2D eigenvalue weighted by atomic mass is 9.89. The zero-order valence-corrected chi connectivity index (χ0v) is 7.86. The highest BCUT2D eigenvalue weighted by atomic mass is 16.3. The van der Waals surface area contributed by atoms with Crippen LogP contribution in [0.3, 0.4) is 0 Å². The van der Waals surface area contributed by atoms with Crippen molar-refractivity contribution in [3.8, 4) is 0 Å². The Bertz CT molecular complexity index is 488. The van der Waals surface area contributed by atoms with Crippen molar-refractivity contribution in [2.75, 3.05) is 0 Å². The number of nitrogens with two attached hydrogens (primary N) is 1. The number of primary amides is 1. The van der Waals surface area contributed by atoms with Gasteiger partial charge in [0, 0.05) is 12.0 Å². The molecule has 0 aliphatic heterocycles. The molecule has 1 amide bonds. The number of carbonyl (C=O) groups is 2. The summed E-state index contributed by atoms with van der Waals surface area (Å²) in [6.07, 6.45) is 0.110. The molecule has 15 heavy (non-hydrogen) atoms. The Hall–Kier alpha value is -2.10. The highest BCUT2D eigenvalue weighted by Crippen LogP contribution is 2.26. The van der Waals surface area contributed by atoms with Crippen LogP contribution in [0.15, 0.2) is 29.8 Å². The largest absolute Gasteiger partial charge is 0.506 e. The molecule has 76 valence electrons. The first-order valence-electron chi connectivity index (χ1n) is 4.45. The van der Waals surface area contributed by atoms with Crippen LogP contribution in [0.4, 0.5) is 0 Å². The van der Waals surface area contributed by atoms with E-state index in [1.807, 2.05) is 0 Å². The monoisotopic (exact) mass is 203 g/mol. The van der Waals surface area contributed by atoms with E-state index in [4.69, 9.17) is 5.73 Å². The molecular formula is C11H9NO3. The van der Waals surface area contributed by atoms with Gasteiger partial charge in [-0.1, -0.05) is 24.3 Å². The Morgan fingerprint density at radius 1 is 1.33 bits per heavy atom. The number of fused-ring (bicyclic) bond motifs is 1. The normalized spacial score (nSPS) is 15.1. The van der Waals surface area contributed by atoms with E-state index in [0.29, 0.717) is 11.1 Å². The van der Waals surface area contributed by atoms with Crippen LogP contribution < -0.4 is 5.73 Å². The zero-order valence-electron chi connectivity index (χ0n) is 7.86. The molecule has 4 nitrogen and oxygen atoms in total. The fraction of sp³-hybridized carbons (Fsp3) is 0.0909. The van der Waals surface area contributed by atoms with E-state index < -0.39 is 11.7 Å². The molecule has 1 aliphatic rings. The molecule has 0 aromatic heterocycles. The maximum atomic E-state index is 11.5. The lowest BCUT2D eigenvalue weighted by Gasteiger charge is -2.16. The predicted octanol–water partition coefficient (Wildman–Crippen LogP) is 0.566. The molecule has 1 aromatic carbocycles. The minimum Gasteiger partial charge on any atom is -0.506 e. The second kappa shape index (κ2) is 3.24. The Labute approximate surface area is 86.0 Å². The van der Waals surface area contributed by atoms with Gasteiger partial charge in [-0.3, -0.25) is 9.59 Å². The number of hydrogen-bond donors (Lipinski definition) is 2. The van der Waals surface area contributed by atoms with E-state index in [-0.39, 0.29) is 17.8 Å². The maximum Gasteiger partial charge on any atom is 0.256 e. The average Bonchev–Trinajstić information content (AvgIpc) is 2.17. The molecule has 1 aromatic rings. The van der Waals surface area contributed by atoms with E-state index in [1.165, 1.54) is 0 Å². The Morgan fingerprint density at radius 3 is 2.67 bits per heavy atom. The van der Waals surface area contributed by atoms with Gasteiger partial charge in [-0.05, 0) is 5.56 Å². The molecule has 1 aliphatic carbocycles. The molecule has 0 heterocycles. The first kappa shape index (κ1) is 9.45. The summed E-state index contributed by atoms with van der Waals surface area (Å²) in [5, 5.41) is 9.72. The molecule has 4 heteroatoms. The van der Waals surface area contributed by atoms with E-state index in [1.54, 1.807) is 24.3 Å². The second-order valence-electron chi connectivity index (χ2n) is 3.34. The van der Waals surface area contributed by atoms with E-state index in [2.05, 4.69) is 0 Å². The lowest BCUT2D eigenvalue weighted by Crippen LogP contribution is -2.26.